The second kappa shape index (κ2) is 2.30. The molecule has 10 heavy (non-hydrogen) atoms. The molecule has 1 heterocycles. The molecule has 5 heteroatoms. The third kappa shape index (κ3) is 1.19. The number of nitrogens with one attached hydrogen (secondary N) is 1. The molecule has 0 spiro atoms. The summed E-state index contributed by atoms with van der Waals surface area (Å²) in [5.74, 6) is 0.0294. The molecular formula is C5H7N5. The lowest BCUT2D eigenvalue weighted by atomic mass is 10.4. The van der Waals surface area contributed by atoms with E-state index in [4.69, 9.17) is 16.9 Å². The lowest BCUT2D eigenvalue weighted by molar-refractivity contribution is 1.16. The molecule has 1 aromatic heterocycles. The average Bonchev–Trinajstić information content (AvgIpc) is 1.88. The van der Waals surface area contributed by atoms with Gasteiger partial charge in [0.15, 0.2) is 0 Å². The maximum Gasteiger partial charge on any atom is 0.220 e. The SMILES string of the molecule is N=C(N)c1ccnc(N)n1. The Morgan fingerprint density at radius 2 is 2.30 bits per heavy atom. The van der Waals surface area contributed by atoms with Crippen LogP contribution < -0.4 is 11.5 Å². The van der Waals surface area contributed by atoms with E-state index in [-0.39, 0.29) is 11.8 Å². The van der Waals surface area contributed by atoms with Crippen molar-refractivity contribution >= 4 is 11.8 Å². The normalized spacial score (nSPS) is 9.20. The molecule has 0 aliphatic heterocycles. The Morgan fingerprint density at radius 3 is 2.70 bits per heavy atom. The van der Waals surface area contributed by atoms with Gasteiger partial charge in [0.25, 0.3) is 0 Å². The number of anilines is 1. The fraction of sp³-hybridized carbons (Fsp3) is 0. The summed E-state index contributed by atoms with van der Waals surface area (Å²) in [7, 11) is 0. The molecule has 0 fully saturated rings. The van der Waals surface area contributed by atoms with Crippen molar-refractivity contribution in [1.29, 1.82) is 5.41 Å². The van der Waals surface area contributed by atoms with Crippen LogP contribution in [0.3, 0.4) is 0 Å². The number of hydrogen-bond donors (Lipinski definition) is 3. The van der Waals surface area contributed by atoms with Gasteiger partial charge in [-0.05, 0) is 6.07 Å². The molecule has 0 aliphatic rings. The van der Waals surface area contributed by atoms with Crippen LogP contribution in [0.5, 0.6) is 0 Å². The minimum atomic E-state index is -0.103. The van der Waals surface area contributed by atoms with E-state index in [0.717, 1.165) is 0 Å². The summed E-state index contributed by atoms with van der Waals surface area (Å²) >= 11 is 0. The first-order chi connectivity index (χ1) is 4.70. The molecule has 5 N–H and O–H groups in total. The van der Waals surface area contributed by atoms with Crippen molar-refractivity contribution in [1.82, 2.24) is 9.97 Å². The monoisotopic (exact) mass is 137 g/mol. The third-order valence-electron chi connectivity index (χ3n) is 0.950. The van der Waals surface area contributed by atoms with E-state index in [1.54, 1.807) is 0 Å². The van der Waals surface area contributed by atoms with Gasteiger partial charge in [-0.1, -0.05) is 0 Å². The second-order valence-electron chi connectivity index (χ2n) is 1.71. The van der Waals surface area contributed by atoms with Gasteiger partial charge in [0.2, 0.25) is 5.95 Å². The number of rotatable bonds is 1. The standard InChI is InChI=1S/C5H7N5/c6-4(7)3-1-2-9-5(8)10-3/h1-2H,(H3,6,7)(H2,8,9,10). The molecule has 1 rings (SSSR count). The summed E-state index contributed by atoms with van der Waals surface area (Å²) in [5.41, 5.74) is 10.7. The van der Waals surface area contributed by atoms with E-state index in [1.807, 2.05) is 0 Å². The van der Waals surface area contributed by atoms with Crippen LogP contribution in [0.1, 0.15) is 5.69 Å². The van der Waals surface area contributed by atoms with Crippen molar-refractivity contribution in [3.05, 3.63) is 18.0 Å². The van der Waals surface area contributed by atoms with Gasteiger partial charge in [0.05, 0.1) is 0 Å². The fourth-order valence-electron chi connectivity index (χ4n) is 0.524. The highest BCUT2D eigenvalue weighted by molar-refractivity contribution is 5.93. The first kappa shape index (κ1) is 6.47. The van der Waals surface area contributed by atoms with Gasteiger partial charge >= 0.3 is 0 Å². The zero-order valence-corrected chi connectivity index (χ0v) is 5.20. The molecule has 0 saturated carbocycles. The Balaban J connectivity index is 3.07. The number of nitrogen functional groups attached to an aromatic ring is 2. The van der Waals surface area contributed by atoms with E-state index < -0.39 is 0 Å². The quantitative estimate of drug-likeness (QED) is 0.353. The van der Waals surface area contributed by atoms with E-state index in [0.29, 0.717) is 5.69 Å². The van der Waals surface area contributed by atoms with Crippen LogP contribution in [-0.2, 0) is 0 Å². The number of aromatic nitrogens is 2. The Hall–Kier alpha value is -1.65. The summed E-state index contributed by atoms with van der Waals surface area (Å²) in [6.07, 6.45) is 1.46. The largest absolute Gasteiger partial charge is 0.382 e. The van der Waals surface area contributed by atoms with Crippen molar-refractivity contribution in [3.63, 3.8) is 0 Å². The lowest BCUT2D eigenvalue weighted by Gasteiger charge is -1.95. The van der Waals surface area contributed by atoms with Gasteiger partial charge in [0.1, 0.15) is 11.5 Å². The summed E-state index contributed by atoms with van der Waals surface area (Å²) < 4.78 is 0. The zero-order chi connectivity index (χ0) is 7.56. The zero-order valence-electron chi connectivity index (χ0n) is 5.20. The first-order valence-electron chi connectivity index (χ1n) is 2.63. The van der Waals surface area contributed by atoms with E-state index >= 15 is 0 Å². The highest BCUT2D eigenvalue weighted by Crippen LogP contribution is 1.93. The molecule has 0 radical (unpaired) electrons. The van der Waals surface area contributed by atoms with Crippen molar-refractivity contribution < 1.29 is 0 Å². The number of nitrogens with zero attached hydrogens (tertiary/aromatic N) is 2. The molecule has 0 atom stereocenters. The molecule has 5 nitrogen and oxygen atoms in total. The third-order valence-corrected chi connectivity index (χ3v) is 0.950. The maximum atomic E-state index is 6.96. The van der Waals surface area contributed by atoms with Gasteiger partial charge in [-0.2, -0.15) is 0 Å². The van der Waals surface area contributed by atoms with Crippen molar-refractivity contribution in [2.75, 3.05) is 5.73 Å². The van der Waals surface area contributed by atoms with Gasteiger partial charge in [-0.25, -0.2) is 9.97 Å². The smallest absolute Gasteiger partial charge is 0.220 e. The molecule has 0 saturated heterocycles. The average molecular weight is 137 g/mol. The molecule has 52 valence electrons. The predicted molar refractivity (Wildman–Crippen MR) is 37.5 cm³/mol. The molecule has 1 aromatic rings. The van der Waals surface area contributed by atoms with Crippen molar-refractivity contribution in [3.8, 4) is 0 Å². The van der Waals surface area contributed by atoms with E-state index in [1.165, 1.54) is 12.3 Å². The number of amidine groups is 1. The summed E-state index contributed by atoms with van der Waals surface area (Å²) in [4.78, 5) is 7.33. The van der Waals surface area contributed by atoms with Gasteiger partial charge in [-0.3, -0.25) is 5.41 Å². The number of nitrogens with two attached hydrogens (primary N) is 2. The van der Waals surface area contributed by atoms with Crippen LogP contribution in [0.4, 0.5) is 5.95 Å². The Morgan fingerprint density at radius 1 is 1.60 bits per heavy atom. The van der Waals surface area contributed by atoms with Gasteiger partial charge < -0.3 is 11.5 Å². The Kier molecular flexibility index (Phi) is 1.49. The van der Waals surface area contributed by atoms with Crippen LogP contribution in [0, 0.1) is 5.41 Å². The molecule has 0 aromatic carbocycles. The van der Waals surface area contributed by atoms with Crippen LogP contribution >= 0.6 is 0 Å². The fourth-order valence-corrected chi connectivity index (χ4v) is 0.524. The van der Waals surface area contributed by atoms with Crippen LogP contribution in [0.25, 0.3) is 0 Å². The lowest BCUT2D eigenvalue weighted by Crippen LogP contribution is -2.14. The van der Waals surface area contributed by atoms with Crippen molar-refractivity contribution in [2.45, 2.75) is 0 Å². The molecule has 0 bridgehead atoms. The predicted octanol–water partition coefficient (Wildman–Crippen LogP) is -0.657. The summed E-state index contributed by atoms with van der Waals surface area (Å²) in [6, 6.07) is 1.53. The Bertz CT molecular complexity index is 256. The molecule has 0 unspecified atom stereocenters. The number of hydrogen-bond acceptors (Lipinski definition) is 4. The highest BCUT2D eigenvalue weighted by atomic mass is 15.0. The Labute approximate surface area is 57.6 Å². The molecule has 0 aliphatic carbocycles. The van der Waals surface area contributed by atoms with Gasteiger partial charge in [-0.15, -0.1) is 0 Å². The summed E-state index contributed by atoms with van der Waals surface area (Å²) in [5, 5.41) is 6.96. The minimum Gasteiger partial charge on any atom is -0.382 e. The highest BCUT2D eigenvalue weighted by Gasteiger charge is 1.96. The molecule has 0 amide bonds. The second-order valence-corrected chi connectivity index (χ2v) is 1.71. The minimum absolute atomic E-state index is 0.103. The van der Waals surface area contributed by atoms with E-state index in [9.17, 15) is 0 Å². The summed E-state index contributed by atoms with van der Waals surface area (Å²) in [6.45, 7) is 0. The topological polar surface area (TPSA) is 102 Å². The van der Waals surface area contributed by atoms with Crippen molar-refractivity contribution in [2.24, 2.45) is 5.73 Å². The van der Waals surface area contributed by atoms with Crippen LogP contribution in [0.15, 0.2) is 12.3 Å². The van der Waals surface area contributed by atoms with Crippen LogP contribution in [-0.4, -0.2) is 15.8 Å². The first-order valence-corrected chi connectivity index (χ1v) is 2.63. The van der Waals surface area contributed by atoms with E-state index in [2.05, 4.69) is 9.97 Å². The molecular weight excluding hydrogens is 130 g/mol. The van der Waals surface area contributed by atoms with Crippen LogP contribution in [0.2, 0.25) is 0 Å². The maximum absolute atomic E-state index is 6.96. The van der Waals surface area contributed by atoms with Gasteiger partial charge in [0, 0.05) is 6.20 Å².